The fourth-order valence-corrected chi connectivity index (χ4v) is 5.64. The molecule has 1 aromatic carbocycles. The fraction of sp³-hybridized carbons (Fsp3) is 0.519. The Morgan fingerprint density at radius 1 is 1.30 bits per heavy atom. The summed E-state index contributed by atoms with van der Waals surface area (Å²) in [4.78, 5) is 32.8. The van der Waals surface area contributed by atoms with Crippen LogP contribution in [0, 0.1) is 5.92 Å². The van der Waals surface area contributed by atoms with Gasteiger partial charge in [0.15, 0.2) is 5.96 Å². The van der Waals surface area contributed by atoms with Crippen LogP contribution in [-0.4, -0.2) is 77.5 Å². The molecule has 4 unspecified atom stereocenters. The van der Waals surface area contributed by atoms with Crippen molar-refractivity contribution < 1.29 is 28.9 Å². The summed E-state index contributed by atoms with van der Waals surface area (Å²) in [6.07, 6.45) is 4.71. The molecule has 5 rings (SSSR count). The molecular formula is C27H34N4O6. The number of nitrogens with zero attached hydrogens (tertiary/aromatic N) is 2. The number of fused-ring (bicyclic) bond motifs is 2. The number of aliphatic hydroxyl groups is 1. The van der Waals surface area contributed by atoms with E-state index in [2.05, 4.69) is 10.3 Å². The highest BCUT2D eigenvalue weighted by atomic mass is 16.5. The molecule has 0 bridgehead atoms. The summed E-state index contributed by atoms with van der Waals surface area (Å²) in [5.41, 5.74) is 5.51. The van der Waals surface area contributed by atoms with E-state index in [9.17, 15) is 14.7 Å². The Morgan fingerprint density at radius 2 is 2.05 bits per heavy atom. The lowest BCUT2D eigenvalue weighted by Crippen LogP contribution is -2.64. The van der Waals surface area contributed by atoms with Gasteiger partial charge in [0.1, 0.15) is 24.1 Å². The molecule has 1 saturated heterocycles. The second-order valence-corrected chi connectivity index (χ2v) is 10.9. The quantitative estimate of drug-likeness (QED) is 0.554. The third-order valence-corrected chi connectivity index (χ3v) is 7.47. The van der Waals surface area contributed by atoms with Crippen LogP contribution in [0.25, 0.3) is 0 Å². The highest BCUT2D eigenvalue weighted by Gasteiger charge is 2.48. The minimum atomic E-state index is -1.30. The number of para-hydroxylation sites is 1. The SMILES string of the molecule is COC1COC2C=CC(C(=O)N[C@@H]3c4ccccc4OC[C@]3(C)O)=CC2C1N1C(=O)CC(C)(C)N=C1N. The summed E-state index contributed by atoms with van der Waals surface area (Å²) >= 11 is 0. The molecule has 1 aromatic rings. The van der Waals surface area contributed by atoms with Crippen LogP contribution in [-0.2, 0) is 19.1 Å². The lowest BCUT2D eigenvalue weighted by molar-refractivity contribution is -0.147. The number of nitrogens with two attached hydrogens (primary N) is 1. The Kier molecular flexibility index (Phi) is 6.37. The van der Waals surface area contributed by atoms with Crippen LogP contribution >= 0.6 is 0 Å². The van der Waals surface area contributed by atoms with Crippen molar-refractivity contribution in [2.24, 2.45) is 16.6 Å². The fourth-order valence-electron chi connectivity index (χ4n) is 5.64. The standard InChI is InChI=1S/C27H34N4O6/c1-26(2)12-21(32)31(25(28)30-26)22-17-11-15(9-10-19(17)36-13-20(22)35-4)24(33)29-23-16-7-5-6-8-18(16)37-14-27(23,3)34/h5-11,17,19-20,22-23,34H,12-14H2,1-4H3,(H2,28,30)(H,29,33)/t17?,19?,20?,22?,23-,27+/m1/s1. The van der Waals surface area contributed by atoms with Gasteiger partial charge in [-0.05, 0) is 26.8 Å². The number of methoxy groups -OCH3 is 1. The lowest BCUT2D eigenvalue weighted by atomic mass is 9.80. The molecule has 1 aliphatic carbocycles. The molecular weight excluding hydrogens is 476 g/mol. The molecule has 3 heterocycles. The molecule has 0 spiro atoms. The molecule has 0 radical (unpaired) electrons. The second kappa shape index (κ2) is 9.27. The Bertz CT molecular complexity index is 1190. The van der Waals surface area contributed by atoms with Crippen LogP contribution in [0.4, 0.5) is 0 Å². The number of benzene rings is 1. The normalized spacial score (nSPS) is 34.5. The van der Waals surface area contributed by atoms with Crippen LogP contribution in [0.3, 0.4) is 0 Å². The number of nitrogens with one attached hydrogen (secondary N) is 1. The Hall–Kier alpha value is -3.21. The smallest absolute Gasteiger partial charge is 0.251 e. The van der Waals surface area contributed by atoms with Gasteiger partial charge in [-0.1, -0.05) is 36.4 Å². The van der Waals surface area contributed by atoms with E-state index in [0.29, 0.717) is 16.9 Å². The zero-order chi connectivity index (χ0) is 26.5. The molecule has 198 valence electrons. The van der Waals surface area contributed by atoms with E-state index < -0.39 is 35.2 Å². The molecule has 2 amide bonds. The van der Waals surface area contributed by atoms with Crippen molar-refractivity contribution in [3.63, 3.8) is 0 Å². The van der Waals surface area contributed by atoms with Crippen molar-refractivity contribution in [2.75, 3.05) is 20.3 Å². The summed E-state index contributed by atoms with van der Waals surface area (Å²) in [5.74, 6) is -0.141. The number of amides is 2. The average molecular weight is 511 g/mol. The third kappa shape index (κ3) is 4.65. The lowest BCUT2D eigenvalue weighted by Gasteiger charge is -2.48. The number of ether oxygens (including phenoxy) is 3. The maximum Gasteiger partial charge on any atom is 0.251 e. The van der Waals surface area contributed by atoms with E-state index in [1.54, 1.807) is 26.2 Å². The molecule has 1 fully saturated rings. The average Bonchev–Trinajstić information content (AvgIpc) is 2.84. The molecule has 3 aliphatic heterocycles. The Labute approximate surface area is 216 Å². The van der Waals surface area contributed by atoms with Gasteiger partial charge in [0, 0.05) is 24.2 Å². The van der Waals surface area contributed by atoms with Crippen LogP contribution in [0.5, 0.6) is 5.75 Å². The second-order valence-electron chi connectivity index (χ2n) is 10.9. The monoisotopic (exact) mass is 510 g/mol. The summed E-state index contributed by atoms with van der Waals surface area (Å²) < 4.78 is 17.4. The topological polar surface area (TPSA) is 136 Å². The van der Waals surface area contributed by atoms with E-state index >= 15 is 0 Å². The molecule has 4 aliphatic rings. The Balaban J connectivity index is 1.45. The first-order valence-corrected chi connectivity index (χ1v) is 12.5. The van der Waals surface area contributed by atoms with Crippen molar-refractivity contribution in [3.05, 3.63) is 53.6 Å². The summed E-state index contributed by atoms with van der Waals surface area (Å²) in [5, 5.41) is 14.0. The van der Waals surface area contributed by atoms with Gasteiger partial charge < -0.3 is 30.4 Å². The zero-order valence-electron chi connectivity index (χ0n) is 21.5. The molecule has 0 aromatic heterocycles. The predicted octanol–water partition coefficient (Wildman–Crippen LogP) is 1.21. The van der Waals surface area contributed by atoms with Gasteiger partial charge >= 0.3 is 0 Å². The third-order valence-electron chi connectivity index (χ3n) is 7.47. The van der Waals surface area contributed by atoms with E-state index in [-0.39, 0.29) is 43.5 Å². The highest BCUT2D eigenvalue weighted by molar-refractivity contribution is 6.00. The van der Waals surface area contributed by atoms with Crippen LogP contribution in [0.2, 0.25) is 0 Å². The molecule has 37 heavy (non-hydrogen) atoms. The number of guanidine groups is 1. The minimum absolute atomic E-state index is 0.0476. The van der Waals surface area contributed by atoms with Crippen LogP contribution in [0.15, 0.2) is 53.1 Å². The van der Waals surface area contributed by atoms with E-state index in [1.165, 1.54) is 4.90 Å². The van der Waals surface area contributed by atoms with Crippen LogP contribution in [0.1, 0.15) is 38.8 Å². The number of hydrogen-bond donors (Lipinski definition) is 3. The molecule has 10 heteroatoms. The van der Waals surface area contributed by atoms with Gasteiger partial charge in [-0.3, -0.25) is 14.5 Å². The van der Waals surface area contributed by atoms with Gasteiger partial charge in [-0.2, -0.15) is 0 Å². The van der Waals surface area contributed by atoms with Gasteiger partial charge in [0.25, 0.3) is 5.91 Å². The van der Waals surface area contributed by atoms with Crippen molar-refractivity contribution in [1.82, 2.24) is 10.2 Å². The Morgan fingerprint density at radius 3 is 2.78 bits per heavy atom. The number of rotatable bonds is 4. The number of hydrogen-bond acceptors (Lipinski definition) is 8. The summed E-state index contributed by atoms with van der Waals surface area (Å²) in [7, 11) is 1.56. The molecule has 10 nitrogen and oxygen atoms in total. The largest absolute Gasteiger partial charge is 0.490 e. The first-order valence-electron chi connectivity index (χ1n) is 12.5. The van der Waals surface area contributed by atoms with Gasteiger partial charge in [0.2, 0.25) is 5.91 Å². The minimum Gasteiger partial charge on any atom is -0.490 e. The number of carbonyl (C=O) groups is 2. The maximum atomic E-state index is 13.5. The van der Waals surface area contributed by atoms with E-state index in [4.69, 9.17) is 19.9 Å². The summed E-state index contributed by atoms with van der Waals surface area (Å²) in [6.45, 7) is 5.68. The highest BCUT2D eigenvalue weighted by Crippen LogP contribution is 2.39. The maximum absolute atomic E-state index is 13.5. The van der Waals surface area contributed by atoms with Gasteiger partial charge in [-0.15, -0.1) is 0 Å². The molecule has 0 saturated carbocycles. The number of aliphatic imine (C=N–C) groups is 1. The van der Waals surface area contributed by atoms with Crippen molar-refractivity contribution >= 4 is 17.8 Å². The van der Waals surface area contributed by atoms with Gasteiger partial charge in [0.05, 0.1) is 36.8 Å². The first kappa shape index (κ1) is 25.4. The summed E-state index contributed by atoms with van der Waals surface area (Å²) in [6, 6.07) is 6.15. The van der Waals surface area contributed by atoms with Crippen molar-refractivity contribution in [2.45, 2.75) is 62.6 Å². The van der Waals surface area contributed by atoms with Crippen LogP contribution < -0.4 is 15.8 Å². The number of carbonyl (C=O) groups excluding carboxylic acids is 2. The zero-order valence-corrected chi connectivity index (χ0v) is 21.5. The van der Waals surface area contributed by atoms with Crippen molar-refractivity contribution in [3.8, 4) is 5.75 Å². The van der Waals surface area contributed by atoms with Crippen molar-refractivity contribution in [1.29, 1.82) is 0 Å². The van der Waals surface area contributed by atoms with E-state index in [1.807, 2.05) is 44.2 Å². The van der Waals surface area contributed by atoms with Gasteiger partial charge in [-0.25, -0.2) is 4.99 Å². The van der Waals surface area contributed by atoms with E-state index in [0.717, 1.165) is 0 Å². The molecule has 6 atom stereocenters. The molecule has 4 N–H and O–H groups in total. The first-order chi connectivity index (χ1) is 17.5. The predicted molar refractivity (Wildman–Crippen MR) is 136 cm³/mol.